The molecule has 0 aromatic carbocycles. The van der Waals surface area contributed by atoms with Crippen LogP contribution < -0.4 is 16.6 Å². The van der Waals surface area contributed by atoms with Crippen molar-refractivity contribution in [2.24, 2.45) is 21.7 Å². The van der Waals surface area contributed by atoms with Crippen molar-refractivity contribution in [1.82, 2.24) is 10.7 Å². The maximum Gasteiger partial charge on any atom is 0.229 e. The molecule has 0 radical (unpaired) electrons. The number of hydrogen-bond acceptors (Lipinski definition) is 5. The van der Waals surface area contributed by atoms with Crippen LogP contribution in [-0.4, -0.2) is 36.0 Å². The summed E-state index contributed by atoms with van der Waals surface area (Å²) in [5.74, 6) is 6.33. The second-order valence-corrected chi connectivity index (χ2v) is 6.51. The minimum atomic E-state index is -0.0128. The molecule has 2 rings (SSSR count). The van der Waals surface area contributed by atoms with E-state index in [9.17, 15) is 4.79 Å². The van der Waals surface area contributed by atoms with Crippen molar-refractivity contribution in [2.45, 2.75) is 38.5 Å². The molecule has 6 nitrogen and oxygen atoms in total. The Labute approximate surface area is 148 Å². The van der Waals surface area contributed by atoms with E-state index < -0.39 is 0 Å². The van der Waals surface area contributed by atoms with Crippen LogP contribution in [0.15, 0.2) is 33.8 Å². The van der Waals surface area contributed by atoms with Gasteiger partial charge in [0.15, 0.2) is 0 Å². The molecule has 4 N–H and O–H groups in total. The monoisotopic (exact) mass is 347 g/mol. The highest BCUT2D eigenvalue weighted by molar-refractivity contribution is 7.80. The zero-order chi connectivity index (χ0) is 17.2. The lowest BCUT2D eigenvalue weighted by molar-refractivity contribution is -0.119. The molecule has 2 aliphatic heterocycles. The lowest BCUT2D eigenvalue weighted by Gasteiger charge is -2.16. The zero-order valence-electron chi connectivity index (χ0n) is 13.8. The van der Waals surface area contributed by atoms with Gasteiger partial charge in [-0.25, -0.2) is 0 Å². The zero-order valence-corrected chi connectivity index (χ0v) is 14.6. The van der Waals surface area contributed by atoms with Crippen molar-refractivity contribution in [3.05, 3.63) is 23.8 Å². The molecule has 0 bridgehead atoms. The topological polar surface area (TPSA) is 91.9 Å². The molecule has 7 heteroatoms. The minimum absolute atomic E-state index is 0.0128. The maximum atomic E-state index is 12.0. The normalized spacial score (nSPS) is 19.5. The van der Waals surface area contributed by atoms with Crippen molar-refractivity contribution in [3.8, 4) is 0 Å². The summed E-state index contributed by atoms with van der Waals surface area (Å²) in [6.07, 6.45) is 13.0. The van der Waals surface area contributed by atoms with E-state index in [2.05, 4.69) is 26.8 Å². The van der Waals surface area contributed by atoms with Crippen LogP contribution in [0.3, 0.4) is 0 Å². The van der Waals surface area contributed by atoms with Gasteiger partial charge >= 0.3 is 0 Å². The van der Waals surface area contributed by atoms with Crippen LogP contribution in [-0.2, 0) is 4.79 Å². The fourth-order valence-corrected chi connectivity index (χ4v) is 2.80. The fraction of sp³-hybridized carbons (Fsp3) is 0.529. The van der Waals surface area contributed by atoms with E-state index in [0.29, 0.717) is 23.2 Å². The highest BCUT2D eigenvalue weighted by Gasteiger charge is 2.13. The third kappa shape index (κ3) is 6.72. The van der Waals surface area contributed by atoms with Crippen LogP contribution in [0.25, 0.3) is 0 Å². The van der Waals surface area contributed by atoms with Gasteiger partial charge in [0.25, 0.3) is 0 Å². The molecule has 0 saturated carbocycles. The summed E-state index contributed by atoms with van der Waals surface area (Å²) >= 11 is 5.02. The van der Waals surface area contributed by atoms with Crippen molar-refractivity contribution < 1.29 is 4.79 Å². The molecule has 1 amide bonds. The number of amidine groups is 1. The molecule has 0 spiro atoms. The Morgan fingerprint density at radius 2 is 2.29 bits per heavy atom. The van der Waals surface area contributed by atoms with Crippen LogP contribution >= 0.6 is 12.2 Å². The molecule has 0 fully saturated rings. The van der Waals surface area contributed by atoms with Gasteiger partial charge in [-0.3, -0.25) is 20.6 Å². The number of dihydropyridines is 2. The van der Waals surface area contributed by atoms with E-state index in [1.165, 1.54) is 0 Å². The highest BCUT2D eigenvalue weighted by atomic mass is 32.1. The number of aliphatic imine (C=N–C) groups is 2. The number of carbonyl (C=O) groups is 1. The largest absolute Gasteiger partial charge is 0.318 e. The molecular formula is C17H25N5OS. The third-order valence-corrected chi connectivity index (χ3v) is 4.37. The van der Waals surface area contributed by atoms with Crippen molar-refractivity contribution in [1.29, 1.82) is 0 Å². The van der Waals surface area contributed by atoms with Gasteiger partial charge in [-0.15, -0.1) is 0 Å². The Bertz CT molecular complexity index is 580. The molecule has 0 aromatic rings. The molecule has 130 valence electrons. The molecule has 24 heavy (non-hydrogen) atoms. The molecular weight excluding hydrogens is 322 g/mol. The average Bonchev–Trinajstić information content (AvgIpc) is 2.60. The summed E-state index contributed by atoms with van der Waals surface area (Å²) in [6, 6.07) is 0. The Morgan fingerprint density at radius 3 is 2.96 bits per heavy atom. The van der Waals surface area contributed by atoms with Gasteiger partial charge in [0.05, 0.1) is 4.99 Å². The van der Waals surface area contributed by atoms with E-state index in [0.717, 1.165) is 50.8 Å². The Morgan fingerprint density at radius 1 is 1.42 bits per heavy atom. The predicted octanol–water partition coefficient (Wildman–Crippen LogP) is 1.83. The molecule has 2 aliphatic rings. The van der Waals surface area contributed by atoms with Gasteiger partial charge in [-0.05, 0) is 43.8 Å². The van der Waals surface area contributed by atoms with Gasteiger partial charge in [0.2, 0.25) is 5.91 Å². The van der Waals surface area contributed by atoms with Gasteiger partial charge in [-0.2, -0.15) is 0 Å². The molecule has 1 unspecified atom stereocenters. The van der Waals surface area contributed by atoms with Crippen LogP contribution in [0.4, 0.5) is 0 Å². The van der Waals surface area contributed by atoms with Gasteiger partial charge in [0.1, 0.15) is 5.84 Å². The number of rotatable bonds is 7. The van der Waals surface area contributed by atoms with Crippen molar-refractivity contribution in [3.63, 3.8) is 0 Å². The fourth-order valence-electron chi connectivity index (χ4n) is 2.65. The minimum Gasteiger partial charge on any atom is -0.318 e. The van der Waals surface area contributed by atoms with Crippen molar-refractivity contribution >= 4 is 35.2 Å². The summed E-state index contributed by atoms with van der Waals surface area (Å²) in [5, 5.41) is 2.88. The van der Waals surface area contributed by atoms with Crippen LogP contribution in [0, 0.1) is 5.92 Å². The molecule has 0 saturated heterocycles. The van der Waals surface area contributed by atoms with Crippen LogP contribution in [0.2, 0.25) is 0 Å². The van der Waals surface area contributed by atoms with Gasteiger partial charge in [0, 0.05) is 25.7 Å². The van der Waals surface area contributed by atoms with E-state index in [4.69, 9.17) is 18.1 Å². The summed E-state index contributed by atoms with van der Waals surface area (Å²) in [5.41, 5.74) is 3.62. The SMILES string of the molecule is NNC(=S)CCCCC1C=CC(NC(=O)CC2=CC=NCC2)=NC1. The smallest absolute Gasteiger partial charge is 0.229 e. The average molecular weight is 347 g/mol. The molecule has 1 atom stereocenters. The Kier molecular flexibility index (Phi) is 7.77. The number of allylic oxidation sites excluding steroid dienone is 1. The Balaban J connectivity index is 1.65. The van der Waals surface area contributed by atoms with Crippen LogP contribution in [0.5, 0.6) is 0 Å². The first-order valence-electron chi connectivity index (χ1n) is 8.37. The van der Waals surface area contributed by atoms with Gasteiger partial charge in [-0.1, -0.05) is 30.3 Å². The number of hydrogen-bond donors (Lipinski definition) is 3. The summed E-state index contributed by atoms with van der Waals surface area (Å²) in [6.45, 7) is 1.49. The standard InChI is InChI=1S/C17H25N5OS/c18-22-17(24)4-2-1-3-14-5-6-15(20-12-14)21-16(23)11-13-7-9-19-10-8-13/h5-7,9,14H,1-4,8,10-12,18H2,(H,22,24)(H,20,21,23). The second-order valence-electron chi connectivity index (χ2n) is 6.01. The number of amides is 1. The maximum absolute atomic E-state index is 12.0. The predicted molar refractivity (Wildman–Crippen MR) is 102 cm³/mol. The third-order valence-electron chi connectivity index (χ3n) is 4.04. The number of thiocarbonyl (C=S) groups is 1. The van der Waals surface area contributed by atoms with E-state index in [1.54, 1.807) is 6.21 Å². The summed E-state index contributed by atoms with van der Waals surface area (Å²) in [7, 11) is 0. The molecule has 0 aromatic heterocycles. The van der Waals surface area contributed by atoms with Gasteiger partial charge < -0.3 is 10.7 Å². The number of unbranched alkanes of at least 4 members (excludes halogenated alkanes) is 1. The number of nitrogens with zero attached hydrogens (tertiary/aromatic N) is 2. The first-order chi connectivity index (χ1) is 11.7. The quantitative estimate of drug-likeness (QED) is 0.283. The Hall–Kier alpha value is -1.86. The van der Waals surface area contributed by atoms with E-state index >= 15 is 0 Å². The summed E-state index contributed by atoms with van der Waals surface area (Å²) < 4.78 is 0. The number of nitrogens with two attached hydrogens (primary N) is 1. The molecule has 0 aliphatic carbocycles. The van der Waals surface area contributed by atoms with E-state index in [-0.39, 0.29) is 5.91 Å². The number of carbonyl (C=O) groups excluding carboxylic acids is 1. The highest BCUT2D eigenvalue weighted by Crippen LogP contribution is 2.15. The van der Waals surface area contributed by atoms with E-state index in [1.807, 2.05) is 12.2 Å². The summed E-state index contributed by atoms with van der Waals surface area (Å²) in [4.78, 5) is 21.3. The van der Waals surface area contributed by atoms with Crippen molar-refractivity contribution in [2.75, 3.05) is 13.1 Å². The lowest BCUT2D eigenvalue weighted by atomic mass is 9.99. The first-order valence-corrected chi connectivity index (χ1v) is 8.78. The lowest BCUT2D eigenvalue weighted by Crippen LogP contribution is -2.31. The first kappa shape index (κ1) is 18.5. The van der Waals surface area contributed by atoms with Crippen LogP contribution in [0.1, 0.15) is 38.5 Å². The number of hydrazine groups is 1. The second kappa shape index (κ2) is 10.1. The molecule has 2 heterocycles. The number of nitrogens with one attached hydrogen (secondary N) is 2.